The molecule has 0 aromatic heterocycles. The molecule has 1 aromatic rings. The lowest BCUT2D eigenvalue weighted by Crippen LogP contribution is -2.33. The molecule has 1 amide bonds. The van der Waals surface area contributed by atoms with Crippen LogP contribution in [0.1, 0.15) is 44.1 Å². The molecule has 1 atom stereocenters. The van der Waals surface area contributed by atoms with Crippen LogP contribution in [-0.4, -0.2) is 30.2 Å². The summed E-state index contributed by atoms with van der Waals surface area (Å²) in [6, 6.07) is 10.6. The van der Waals surface area contributed by atoms with Gasteiger partial charge < -0.3 is 9.64 Å². The number of hydrogen-bond donors (Lipinski definition) is 0. The van der Waals surface area contributed by atoms with Crippen molar-refractivity contribution in [2.24, 2.45) is 5.92 Å². The summed E-state index contributed by atoms with van der Waals surface area (Å²) in [5.74, 6) is 0.575. The minimum Gasteiger partial charge on any atom is -0.446 e. The number of ether oxygens (including phenoxy) is 1. The highest BCUT2D eigenvalue weighted by molar-refractivity contribution is 5.68. The lowest BCUT2D eigenvalue weighted by atomic mass is 9.98. The van der Waals surface area contributed by atoms with Crippen LogP contribution in [0.15, 0.2) is 30.3 Å². The van der Waals surface area contributed by atoms with Crippen molar-refractivity contribution in [3.63, 3.8) is 0 Å². The number of amides is 1. The molecule has 1 aliphatic heterocycles. The van der Waals surface area contributed by atoms with E-state index in [0.29, 0.717) is 5.92 Å². The fourth-order valence-electron chi connectivity index (χ4n) is 3.51. The van der Waals surface area contributed by atoms with Crippen molar-refractivity contribution < 1.29 is 9.53 Å². The Balaban J connectivity index is 1.46. The second-order valence-corrected chi connectivity index (χ2v) is 6.43. The number of carbonyl (C=O) groups is 1. The second-order valence-electron chi connectivity index (χ2n) is 6.43. The SMILES string of the molecule is O=C(OC1CCCCC1)N1CC[C@@H](Cc2ccccc2)C1. The zero-order valence-electron chi connectivity index (χ0n) is 12.7. The highest BCUT2D eigenvalue weighted by atomic mass is 16.6. The van der Waals surface area contributed by atoms with Crippen LogP contribution in [0.25, 0.3) is 0 Å². The van der Waals surface area contributed by atoms with Gasteiger partial charge in [0.25, 0.3) is 0 Å². The van der Waals surface area contributed by atoms with E-state index in [9.17, 15) is 4.79 Å². The Labute approximate surface area is 127 Å². The number of carbonyl (C=O) groups excluding carboxylic acids is 1. The number of hydrogen-bond acceptors (Lipinski definition) is 2. The third-order valence-corrected chi connectivity index (χ3v) is 4.73. The van der Waals surface area contributed by atoms with Gasteiger partial charge >= 0.3 is 6.09 Å². The van der Waals surface area contributed by atoms with Crippen molar-refractivity contribution in [3.05, 3.63) is 35.9 Å². The number of nitrogens with zero attached hydrogens (tertiary/aromatic N) is 1. The maximum atomic E-state index is 12.2. The summed E-state index contributed by atoms with van der Waals surface area (Å²) in [5.41, 5.74) is 1.37. The van der Waals surface area contributed by atoms with Crippen molar-refractivity contribution in [3.8, 4) is 0 Å². The monoisotopic (exact) mass is 287 g/mol. The van der Waals surface area contributed by atoms with E-state index in [2.05, 4.69) is 24.3 Å². The van der Waals surface area contributed by atoms with Gasteiger partial charge in [0.15, 0.2) is 0 Å². The van der Waals surface area contributed by atoms with E-state index in [1.165, 1.54) is 24.8 Å². The minimum atomic E-state index is -0.0857. The third-order valence-electron chi connectivity index (χ3n) is 4.73. The van der Waals surface area contributed by atoms with E-state index in [1.54, 1.807) is 0 Å². The molecule has 3 nitrogen and oxygen atoms in total. The average Bonchev–Trinajstić information content (AvgIpc) is 2.98. The van der Waals surface area contributed by atoms with Crippen molar-refractivity contribution in [1.29, 1.82) is 0 Å². The highest BCUT2D eigenvalue weighted by Gasteiger charge is 2.29. The van der Waals surface area contributed by atoms with E-state index in [0.717, 1.165) is 38.8 Å². The topological polar surface area (TPSA) is 29.5 Å². The summed E-state index contributed by atoms with van der Waals surface area (Å²) < 4.78 is 5.66. The molecule has 1 aromatic carbocycles. The van der Waals surface area contributed by atoms with E-state index in [1.807, 2.05) is 11.0 Å². The number of benzene rings is 1. The van der Waals surface area contributed by atoms with Crippen LogP contribution in [0.2, 0.25) is 0 Å². The Morgan fingerprint density at radius 1 is 1.10 bits per heavy atom. The fraction of sp³-hybridized carbons (Fsp3) is 0.611. The quantitative estimate of drug-likeness (QED) is 0.840. The molecule has 2 fully saturated rings. The summed E-state index contributed by atoms with van der Waals surface area (Å²) in [7, 11) is 0. The second kappa shape index (κ2) is 6.97. The first-order chi connectivity index (χ1) is 10.3. The Hall–Kier alpha value is -1.51. The van der Waals surface area contributed by atoms with Crippen molar-refractivity contribution >= 4 is 6.09 Å². The molecule has 1 saturated carbocycles. The lowest BCUT2D eigenvalue weighted by molar-refractivity contribution is 0.0500. The van der Waals surface area contributed by atoms with Crippen LogP contribution in [0.5, 0.6) is 0 Å². The minimum absolute atomic E-state index is 0.0857. The van der Waals surface area contributed by atoms with Gasteiger partial charge in [0.2, 0.25) is 0 Å². The maximum Gasteiger partial charge on any atom is 0.410 e. The molecule has 21 heavy (non-hydrogen) atoms. The summed E-state index contributed by atoms with van der Waals surface area (Å²) >= 11 is 0. The molecule has 3 heteroatoms. The maximum absolute atomic E-state index is 12.2. The van der Waals surface area contributed by atoms with Crippen LogP contribution >= 0.6 is 0 Å². The van der Waals surface area contributed by atoms with E-state index >= 15 is 0 Å². The zero-order valence-corrected chi connectivity index (χ0v) is 12.7. The van der Waals surface area contributed by atoms with Crippen LogP contribution in [0, 0.1) is 5.92 Å². The first kappa shape index (κ1) is 14.4. The van der Waals surface area contributed by atoms with Gasteiger partial charge in [0.05, 0.1) is 0 Å². The predicted octanol–water partition coefficient (Wildman–Crippen LogP) is 4.02. The Kier molecular flexibility index (Phi) is 4.79. The molecular formula is C18H25NO2. The standard InChI is InChI=1S/C18H25NO2/c20-18(21-17-9-5-2-6-10-17)19-12-11-16(14-19)13-15-7-3-1-4-8-15/h1,3-4,7-8,16-17H,2,5-6,9-14H2/t16-/m0/s1. The molecular weight excluding hydrogens is 262 g/mol. The predicted molar refractivity (Wildman–Crippen MR) is 83.2 cm³/mol. The van der Waals surface area contributed by atoms with Gasteiger partial charge in [-0.05, 0) is 50.0 Å². The fourth-order valence-corrected chi connectivity index (χ4v) is 3.51. The normalized spacial score (nSPS) is 23.2. The molecule has 0 radical (unpaired) electrons. The van der Waals surface area contributed by atoms with Crippen molar-refractivity contribution in [1.82, 2.24) is 4.90 Å². The van der Waals surface area contributed by atoms with Crippen LogP contribution in [-0.2, 0) is 11.2 Å². The summed E-state index contributed by atoms with van der Waals surface area (Å²) in [6.45, 7) is 1.70. The van der Waals surface area contributed by atoms with Gasteiger partial charge in [0.1, 0.15) is 6.10 Å². The Bertz CT molecular complexity index is 454. The van der Waals surface area contributed by atoms with Crippen LogP contribution in [0.4, 0.5) is 4.79 Å². The van der Waals surface area contributed by atoms with Gasteiger partial charge in [-0.1, -0.05) is 36.8 Å². The van der Waals surface area contributed by atoms with E-state index < -0.39 is 0 Å². The largest absolute Gasteiger partial charge is 0.446 e. The molecule has 3 rings (SSSR count). The van der Waals surface area contributed by atoms with Gasteiger partial charge in [0, 0.05) is 13.1 Å². The Morgan fingerprint density at radius 3 is 2.62 bits per heavy atom. The highest BCUT2D eigenvalue weighted by Crippen LogP contribution is 2.24. The summed E-state index contributed by atoms with van der Waals surface area (Å²) in [6.07, 6.45) is 8.03. The first-order valence-electron chi connectivity index (χ1n) is 8.31. The van der Waals surface area contributed by atoms with Crippen molar-refractivity contribution in [2.75, 3.05) is 13.1 Å². The average molecular weight is 287 g/mol. The molecule has 0 unspecified atom stereocenters. The smallest absolute Gasteiger partial charge is 0.410 e. The summed E-state index contributed by atoms with van der Waals surface area (Å²) in [5, 5.41) is 0. The van der Waals surface area contributed by atoms with Gasteiger partial charge in [-0.3, -0.25) is 0 Å². The number of rotatable bonds is 3. The molecule has 0 N–H and O–H groups in total. The lowest BCUT2D eigenvalue weighted by Gasteiger charge is -2.25. The first-order valence-corrected chi connectivity index (χ1v) is 8.31. The van der Waals surface area contributed by atoms with Gasteiger partial charge in [-0.25, -0.2) is 4.79 Å². The number of likely N-dealkylation sites (tertiary alicyclic amines) is 1. The molecule has 114 valence electrons. The zero-order chi connectivity index (χ0) is 14.5. The molecule has 1 heterocycles. The third kappa shape index (κ3) is 3.99. The Morgan fingerprint density at radius 2 is 1.86 bits per heavy atom. The van der Waals surface area contributed by atoms with E-state index in [-0.39, 0.29) is 12.2 Å². The summed E-state index contributed by atoms with van der Waals surface area (Å²) in [4.78, 5) is 14.1. The van der Waals surface area contributed by atoms with Gasteiger partial charge in [-0.15, -0.1) is 0 Å². The molecule has 2 aliphatic rings. The van der Waals surface area contributed by atoms with Crippen molar-refractivity contribution in [2.45, 2.75) is 51.0 Å². The molecule has 1 saturated heterocycles. The van der Waals surface area contributed by atoms with E-state index in [4.69, 9.17) is 4.74 Å². The molecule has 0 spiro atoms. The molecule has 1 aliphatic carbocycles. The van der Waals surface area contributed by atoms with Gasteiger partial charge in [-0.2, -0.15) is 0 Å². The molecule has 0 bridgehead atoms. The van der Waals surface area contributed by atoms with Crippen LogP contribution < -0.4 is 0 Å². The van der Waals surface area contributed by atoms with Crippen LogP contribution in [0.3, 0.4) is 0 Å².